The van der Waals surface area contributed by atoms with Gasteiger partial charge in [-0.15, -0.1) is 0 Å². The Morgan fingerprint density at radius 1 is 1.33 bits per heavy atom. The van der Waals surface area contributed by atoms with E-state index in [4.69, 9.17) is 0 Å². The molecule has 0 aliphatic rings. The third kappa shape index (κ3) is 3.72. The number of aromatic nitrogens is 2. The lowest BCUT2D eigenvalue weighted by Gasteiger charge is -2.09. The van der Waals surface area contributed by atoms with Crippen molar-refractivity contribution in [2.45, 2.75) is 6.92 Å². The van der Waals surface area contributed by atoms with Gasteiger partial charge >= 0.3 is 0 Å². The van der Waals surface area contributed by atoms with Gasteiger partial charge in [0.1, 0.15) is 17.3 Å². The lowest BCUT2D eigenvalue weighted by atomic mass is 10.3. The van der Waals surface area contributed by atoms with Gasteiger partial charge in [0.15, 0.2) is 5.82 Å². The SMILES string of the molecule is CCNc1cncc(C(=O)Nc2c(F)cc(F)cc2Br)n1. The lowest BCUT2D eigenvalue weighted by molar-refractivity contribution is 0.102. The van der Waals surface area contributed by atoms with Gasteiger partial charge < -0.3 is 10.6 Å². The summed E-state index contributed by atoms with van der Waals surface area (Å²) in [5.41, 5.74) is -0.138. The maximum atomic E-state index is 13.7. The average Bonchev–Trinajstić information content (AvgIpc) is 2.43. The Balaban J connectivity index is 2.24. The van der Waals surface area contributed by atoms with Gasteiger partial charge in [-0.05, 0) is 28.9 Å². The summed E-state index contributed by atoms with van der Waals surface area (Å²) in [5, 5.41) is 5.24. The molecule has 0 unspecified atom stereocenters. The summed E-state index contributed by atoms with van der Waals surface area (Å²) in [4.78, 5) is 19.9. The molecule has 0 aliphatic heterocycles. The molecule has 5 nitrogen and oxygen atoms in total. The predicted octanol–water partition coefficient (Wildman–Crippen LogP) is 3.20. The van der Waals surface area contributed by atoms with Gasteiger partial charge in [0, 0.05) is 17.1 Å². The number of halogens is 3. The van der Waals surface area contributed by atoms with Crippen LogP contribution in [-0.4, -0.2) is 22.4 Å². The molecule has 1 heterocycles. The molecule has 0 spiro atoms. The Hall–Kier alpha value is -2.09. The van der Waals surface area contributed by atoms with Crippen LogP contribution >= 0.6 is 15.9 Å². The zero-order chi connectivity index (χ0) is 15.4. The first-order valence-corrected chi connectivity index (χ1v) is 6.82. The third-order valence-corrected chi connectivity index (χ3v) is 3.10. The maximum absolute atomic E-state index is 13.7. The second-order valence-electron chi connectivity index (χ2n) is 4.02. The number of carbonyl (C=O) groups excluding carboxylic acids is 1. The first-order chi connectivity index (χ1) is 10.0. The minimum Gasteiger partial charge on any atom is -0.369 e. The predicted molar refractivity (Wildman–Crippen MR) is 78.2 cm³/mol. The molecule has 1 amide bonds. The summed E-state index contributed by atoms with van der Waals surface area (Å²) in [6.07, 6.45) is 2.72. The van der Waals surface area contributed by atoms with Crippen LogP contribution in [0.2, 0.25) is 0 Å². The van der Waals surface area contributed by atoms with Crippen LogP contribution < -0.4 is 10.6 Å². The van der Waals surface area contributed by atoms with Crippen LogP contribution in [0.25, 0.3) is 0 Å². The number of hydrogen-bond donors (Lipinski definition) is 2. The maximum Gasteiger partial charge on any atom is 0.276 e. The molecule has 2 aromatic rings. The fourth-order valence-corrected chi connectivity index (χ4v) is 2.09. The molecule has 0 aliphatic carbocycles. The largest absolute Gasteiger partial charge is 0.369 e. The number of anilines is 2. The number of hydrogen-bond acceptors (Lipinski definition) is 4. The second-order valence-corrected chi connectivity index (χ2v) is 4.87. The first-order valence-electron chi connectivity index (χ1n) is 6.03. The van der Waals surface area contributed by atoms with Crippen molar-refractivity contribution in [3.05, 3.63) is 46.3 Å². The molecule has 0 saturated carbocycles. The Morgan fingerprint density at radius 2 is 2.10 bits per heavy atom. The van der Waals surface area contributed by atoms with Gasteiger partial charge in [-0.25, -0.2) is 13.8 Å². The number of benzene rings is 1. The third-order valence-electron chi connectivity index (χ3n) is 2.47. The summed E-state index contributed by atoms with van der Waals surface area (Å²) in [5.74, 6) is -1.84. The van der Waals surface area contributed by atoms with Crippen LogP contribution in [0.1, 0.15) is 17.4 Å². The van der Waals surface area contributed by atoms with E-state index in [0.717, 1.165) is 6.07 Å². The molecule has 21 heavy (non-hydrogen) atoms. The highest BCUT2D eigenvalue weighted by atomic mass is 79.9. The highest BCUT2D eigenvalue weighted by molar-refractivity contribution is 9.10. The monoisotopic (exact) mass is 356 g/mol. The fraction of sp³-hybridized carbons (Fsp3) is 0.154. The minimum absolute atomic E-state index is 0.0177. The second kappa shape index (κ2) is 6.57. The number of nitrogens with one attached hydrogen (secondary N) is 2. The van der Waals surface area contributed by atoms with Gasteiger partial charge in [-0.2, -0.15) is 0 Å². The van der Waals surface area contributed by atoms with Gasteiger partial charge in [0.05, 0.1) is 18.1 Å². The summed E-state index contributed by atoms with van der Waals surface area (Å²) in [7, 11) is 0. The summed E-state index contributed by atoms with van der Waals surface area (Å²) >= 11 is 3.00. The highest BCUT2D eigenvalue weighted by Gasteiger charge is 2.15. The van der Waals surface area contributed by atoms with Crippen molar-refractivity contribution < 1.29 is 13.6 Å². The number of nitrogens with zero attached hydrogens (tertiary/aromatic N) is 2. The van der Waals surface area contributed by atoms with Crippen molar-refractivity contribution in [1.82, 2.24) is 9.97 Å². The van der Waals surface area contributed by atoms with Crippen LogP contribution in [0.3, 0.4) is 0 Å². The summed E-state index contributed by atoms with van der Waals surface area (Å²) in [6, 6.07) is 1.74. The first kappa shape index (κ1) is 15.3. The molecule has 0 fully saturated rings. The van der Waals surface area contributed by atoms with Crippen molar-refractivity contribution >= 4 is 33.3 Å². The molecule has 8 heteroatoms. The van der Waals surface area contributed by atoms with E-state index in [1.807, 2.05) is 6.92 Å². The van der Waals surface area contributed by atoms with Crippen LogP contribution in [0, 0.1) is 11.6 Å². The molecule has 1 aromatic heterocycles. The van der Waals surface area contributed by atoms with Crippen LogP contribution in [0.5, 0.6) is 0 Å². The zero-order valence-electron chi connectivity index (χ0n) is 11.0. The van der Waals surface area contributed by atoms with E-state index in [0.29, 0.717) is 18.4 Å². The number of amides is 1. The molecule has 1 aromatic carbocycles. The van der Waals surface area contributed by atoms with Gasteiger partial charge in [-0.1, -0.05) is 0 Å². The van der Waals surface area contributed by atoms with Crippen LogP contribution in [0.4, 0.5) is 20.3 Å². The van der Waals surface area contributed by atoms with Crippen molar-refractivity contribution in [2.75, 3.05) is 17.2 Å². The van der Waals surface area contributed by atoms with Crippen LogP contribution in [-0.2, 0) is 0 Å². The Morgan fingerprint density at radius 3 is 2.76 bits per heavy atom. The molecule has 2 rings (SSSR count). The van der Waals surface area contributed by atoms with E-state index in [9.17, 15) is 13.6 Å². The molecule has 0 saturated heterocycles. The summed E-state index contributed by atoms with van der Waals surface area (Å²) in [6.45, 7) is 2.50. The smallest absolute Gasteiger partial charge is 0.276 e. The summed E-state index contributed by atoms with van der Waals surface area (Å²) < 4.78 is 26.7. The Labute approximate surface area is 127 Å². The molecule has 0 bridgehead atoms. The quantitative estimate of drug-likeness (QED) is 0.882. The van der Waals surface area contributed by atoms with Crippen molar-refractivity contribution in [1.29, 1.82) is 0 Å². The average molecular weight is 357 g/mol. The van der Waals surface area contributed by atoms with Gasteiger partial charge in [0.2, 0.25) is 0 Å². The fourth-order valence-electron chi connectivity index (χ4n) is 1.58. The van der Waals surface area contributed by atoms with Crippen molar-refractivity contribution in [3.8, 4) is 0 Å². The molecule has 0 atom stereocenters. The molecular formula is C13H11BrF2N4O. The van der Waals surface area contributed by atoms with E-state index in [1.54, 1.807) is 0 Å². The van der Waals surface area contributed by atoms with Crippen molar-refractivity contribution in [3.63, 3.8) is 0 Å². The number of rotatable bonds is 4. The number of carbonyl (C=O) groups is 1. The van der Waals surface area contributed by atoms with E-state index < -0.39 is 17.5 Å². The van der Waals surface area contributed by atoms with E-state index in [1.165, 1.54) is 12.4 Å². The van der Waals surface area contributed by atoms with Gasteiger partial charge in [-0.3, -0.25) is 9.78 Å². The normalized spacial score (nSPS) is 10.3. The molecule has 110 valence electrons. The van der Waals surface area contributed by atoms with Gasteiger partial charge in [0.25, 0.3) is 5.91 Å². The molecule has 2 N–H and O–H groups in total. The Kier molecular flexibility index (Phi) is 4.79. The Bertz CT molecular complexity index is 658. The minimum atomic E-state index is -0.883. The van der Waals surface area contributed by atoms with E-state index >= 15 is 0 Å². The molecular weight excluding hydrogens is 346 g/mol. The van der Waals surface area contributed by atoms with Crippen molar-refractivity contribution in [2.24, 2.45) is 0 Å². The highest BCUT2D eigenvalue weighted by Crippen LogP contribution is 2.27. The van der Waals surface area contributed by atoms with E-state index in [2.05, 4.69) is 36.5 Å². The zero-order valence-corrected chi connectivity index (χ0v) is 12.5. The standard InChI is InChI=1S/C13H11BrF2N4O/c1-2-18-11-6-17-5-10(19-11)13(21)20-12-8(14)3-7(15)4-9(12)16/h3-6H,2H2,1H3,(H,18,19)(H,20,21). The molecule has 0 radical (unpaired) electrons. The lowest BCUT2D eigenvalue weighted by Crippen LogP contribution is -2.16. The van der Waals surface area contributed by atoms with E-state index in [-0.39, 0.29) is 15.9 Å². The topological polar surface area (TPSA) is 66.9 Å². The van der Waals surface area contributed by atoms with Crippen LogP contribution in [0.15, 0.2) is 29.0 Å².